The average molecular weight is 576 g/mol. The van der Waals surface area contributed by atoms with E-state index in [1.807, 2.05) is 72.9 Å². The Morgan fingerprint density at radius 2 is 1.69 bits per heavy atom. The number of aromatic nitrogens is 1. The first-order valence-electron chi connectivity index (χ1n) is 14.6. The molecular formula is C33H41N3O6. The van der Waals surface area contributed by atoms with E-state index in [4.69, 9.17) is 14.6 Å². The first kappa shape index (κ1) is 31.3. The smallest absolute Gasteiger partial charge is 0.303 e. The summed E-state index contributed by atoms with van der Waals surface area (Å²) in [4.78, 5) is 29.6. The zero-order valence-corrected chi connectivity index (χ0v) is 24.2. The summed E-state index contributed by atoms with van der Waals surface area (Å²) in [6, 6.07) is 21.3. The maximum atomic E-state index is 12.3. The van der Waals surface area contributed by atoms with Crippen LogP contribution in [0.15, 0.2) is 72.9 Å². The fourth-order valence-electron chi connectivity index (χ4n) is 5.01. The monoisotopic (exact) mass is 575 g/mol. The Morgan fingerprint density at radius 1 is 0.952 bits per heavy atom. The molecule has 2 aromatic carbocycles. The molecule has 3 atom stereocenters. The fourth-order valence-corrected chi connectivity index (χ4v) is 5.01. The number of carboxylic acid groups (broad SMARTS) is 1. The molecular weight excluding hydrogens is 534 g/mol. The number of carbonyl (C=O) groups is 2. The molecule has 1 aromatic heterocycles. The van der Waals surface area contributed by atoms with Crippen molar-refractivity contribution in [3.8, 4) is 0 Å². The van der Waals surface area contributed by atoms with E-state index in [9.17, 15) is 14.7 Å². The number of pyridine rings is 1. The van der Waals surface area contributed by atoms with Gasteiger partial charge in [0.25, 0.3) is 0 Å². The first-order chi connectivity index (χ1) is 20.4. The van der Waals surface area contributed by atoms with E-state index >= 15 is 0 Å². The normalized spacial score (nSPS) is 18.6. The lowest BCUT2D eigenvalue weighted by Crippen LogP contribution is -2.38. The molecule has 3 N–H and O–H groups in total. The number of amides is 1. The molecule has 1 fully saturated rings. The van der Waals surface area contributed by atoms with Gasteiger partial charge in [-0.15, -0.1) is 0 Å². The van der Waals surface area contributed by atoms with Crippen LogP contribution in [-0.2, 0) is 32.1 Å². The first-order valence-corrected chi connectivity index (χ1v) is 14.6. The number of hydrogen-bond donors (Lipinski definition) is 3. The van der Waals surface area contributed by atoms with Crippen LogP contribution in [0.4, 0.5) is 5.69 Å². The van der Waals surface area contributed by atoms with Gasteiger partial charge in [0.1, 0.15) is 0 Å². The second kappa shape index (κ2) is 16.1. The minimum absolute atomic E-state index is 0.00512. The Morgan fingerprint density at radius 3 is 2.38 bits per heavy atom. The van der Waals surface area contributed by atoms with Crippen LogP contribution in [0, 0.1) is 0 Å². The highest BCUT2D eigenvalue weighted by atomic mass is 16.7. The standard InChI is InChI=1S/C33H41N3O6/c1-36(20-18-27-7-5-6-19-34-27)22-29-21-30(25-12-10-24(23-37)11-13-25)42-33(41-29)26-14-16-28(17-15-26)35-31(38)8-3-2-4-9-32(39)40/h5-7,10-17,19,29-30,33,37H,2-4,8-9,18,20-23H2,1H3,(H,35,38)(H,39,40)/t29-,30+,33+/m1/s1. The summed E-state index contributed by atoms with van der Waals surface area (Å²) in [6.07, 6.45) is 4.96. The van der Waals surface area contributed by atoms with Gasteiger partial charge in [0.2, 0.25) is 5.91 Å². The summed E-state index contributed by atoms with van der Waals surface area (Å²) < 4.78 is 12.9. The van der Waals surface area contributed by atoms with Crippen molar-refractivity contribution in [1.82, 2.24) is 9.88 Å². The number of hydrogen-bond acceptors (Lipinski definition) is 7. The second-order valence-corrected chi connectivity index (χ2v) is 10.8. The molecule has 0 aliphatic carbocycles. The highest BCUT2D eigenvalue weighted by molar-refractivity contribution is 5.90. The summed E-state index contributed by atoms with van der Waals surface area (Å²) in [7, 11) is 2.09. The third-order valence-electron chi connectivity index (χ3n) is 7.37. The molecule has 3 aromatic rings. The minimum atomic E-state index is -0.810. The Labute approximate surface area is 247 Å². The predicted molar refractivity (Wildman–Crippen MR) is 160 cm³/mol. The Bertz CT molecular complexity index is 1250. The average Bonchev–Trinajstić information content (AvgIpc) is 3.00. The lowest BCUT2D eigenvalue weighted by atomic mass is 9.99. The van der Waals surface area contributed by atoms with E-state index in [1.165, 1.54) is 0 Å². The van der Waals surface area contributed by atoms with Crippen LogP contribution in [0.25, 0.3) is 0 Å². The number of nitrogens with one attached hydrogen (secondary N) is 1. The van der Waals surface area contributed by atoms with Crippen molar-refractivity contribution in [2.45, 2.75) is 70.1 Å². The number of nitrogens with zero attached hydrogens (tertiary/aromatic N) is 2. The van der Waals surface area contributed by atoms with Gasteiger partial charge in [-0.2, -0.15) is 0 Å². The molecule has 0 spiro atoms. The van der Waals surface area contributed by atoms with Gasteiger partial charge in [-0.3, -0.25) is 14.6 Å². The molecule has 2 heterocycles. The Balaban J connectivity index is 1.37. The Hall–Kier alpha value is -3.63. The van der Waals surface area contributed by atoms with Crippen molar-refractivity contribution >= 4 is 17.6 Å². The summed E-state index contributed by atoms with van der Waals surface area (Å²) in [5, 5.41) is 21.1. The molecule has 9 heteroatoms. The van der Waals surface area contributed by atoms with Crippen molar-refractivity contribution < 1.29 is 29.3 Å². The zero-order chi connectivity index (χ0) is 29.7. The lowest BCUT2D eigenvalue weighted by Gasteiger charge is -2.38. The number of aliphatic carboxylic acids is 1. The molecule has 224 valence electrons. The number of carboxylic acids is 1. The number of aliphatic hydroxyl groups excluding tert-OH is 1. The zero-order valence-electron chi connectivity index (χ0n) is 24.2. The largest absolute Gasteiger partial charge is 0.481 e. The molecule has 0 radical (unpaired) electrons. The number of ether oxygens (including phenoxy) is 2. The maximum Gasteiger partial charge on any atom is 0.303 e. The van der Waals surface area contributed by atoms with Crippen LogP contribution in [0.3, 0.4) is 0 Å². The third kappa shape index (κ3) is 10.0. The molecule has 4 rings (SSSR count). The number of likely N-dealkylation sites (N-methyl/N-ethyl adjacent to an activating group) is 1. The van der Waals surface area contributed by atoms with Crippen molar-refractivity contribution in [1.29, 1.82) is 0 Å². The number of aliphatic hydroxyl groups is 1. The number of benzene rings is 2. The highest BCUT2D eigenvalue weighted by Crippen LogP contribution is 2.38. The van der Waals surface area contributed by atoms with Gasteiger partial charge < -0.3 is 29.9 Å². The van der Waals surface area contributed by atoms with Gasteiger partial charge in [0.15, 0.2) is 6.29 Å². The van der Waals surface area contributed by atoms with Crippen molar-refractivity contribution in [3.05, 3.63) is 95.3 Å². The van der Waals surface area contributed by atoms with E-state index in [0.29, 0.717) is 37.8 Å². The highest BCUT2D eigenvalue weighted by Gasteiger charge is 2.32. The van der Waals surface area contributed by atoms with Gasteiger partial charge >= 0.3 is 5.97 Å². The van der Waals surface area contributed by atoms with Crippen LogP contribution >= 0.6 is 0 Å². The Kier molecular flexibility index (Phi) is 12.0. The van der Waals surface area contributed by atoms with E-state index < -0.39 is 12.3 Å². The second-order valence-electron chi connectivity index (χ2n) is 10.8. The summed E-state index contributed by atoms with van der Waals surface area (Å²) in [5.74, 6) is -0.904. The number of unbranched alkanes of at least 4 members (excludes halogenated alkanes) is 2. The van der Waals surface area contributed by atoms with Crippen LogP contribution in [0.2, 0.25) is 0 Å². The van der Waals surface area contributed by atoms with Gasteiger partial charge in [0.05, 0.1) is 18.8 Å². The van der Waals surface area contributed by atoms with Crippen LogP contribution in [-0.4, -0.2) is 58.2 Å². The topological polar surface area (TPSA) is 121 Å². The van der Waals surface area contributed by atoms with Gasteiger partial charge in [-0.05, 0) is 55.3 Å². The van der Waals surface area contributed by atoms with Gasteiger partial charge in [-0.25, -0.2) is 0 Å². The molecule has 1 saturated heterocycles. The molecule has 1 amide bonds. The number of rotatable bonds is 15. The molecule has 1 aliphatic heterocycles. The number of anilines is 1. The van der Waals surface area contributed by atoms with E-state index in [0.717, 1.165) is 41.9 Å². The molecule has 42 heavy (non-hydrogen) atoms. The maximum absolute atomic E-state index is 12.3. The van der Waals surface area contributed by atoms with E-state index in [1.54, 1.807) is 0 Å². The van der Waals surface area contributed by atoms with Crippen molar-refractivity contribution in [2.24, 2.45) is 0 Å². The summed E-state index contributed by atoms with van der Waals surface area (Å²) in [6.45, 7) is 1.58. The molecule has 0 bridgehead atoms. The van der Waals surface area contributed by atoms with Crippen molar-refractivity contribution in [3.63, 3.8) is 0 Å². The fraction of sp³-hybridized carbons (Fsp3) is 0.424. The summed E-state index contributed by atoms with van der Waals surface area (Å²) in [5.41, 5.74) is 4.49. The van der Waals surface area contributed by atoms with Crippen molar-refractivity contribution in [2.75, 3.05) is 25.5 Å². The third-order valence-corrected chi connectivity index (χ3v) is 7.37. The molecule has 0 saturated carbocycles. The van der Waals surface area contributed by atoms with Gasteiger partial charge in [0, 0.05) is 61.9 Å². The minimum Gasteiger partial charge on any atom is -0.481 e. The summed E-state index contributed by atoms with van der Waals surface area (Å²) >= 11 is 0. The molecule has 9 nitrogen and oxygen atoms in total. The van der Waals surface area contributed by atoms with E-state index in [-0.39, 0.29) is 31.1 Å². The number of carbonyl (C=O) groups excluding carboxylic acids is 1. The SMILES string of the molecule is CN(CCc1ccccn1)C[C@H]1C[C@@H](c2ccc(CO)cc2)O[C@@H](c2ccc(NC(=O)CCCCCC(=O)O)cc2)O1. The quantitative estimate of drug-likeness (QED) is 0.210. The van der Waals surface area contributed by atoms with E-state index in [2.05, 4.69) is 22.2 Å². The molecule has 0 unspecified atom stereocenters. The van der Waals surface area contributed by atoms with Crippen LogP contribution < -0.4 is 5.32 Å². The predicted octanol–water partition coefficient (Wildman–Crippen LogP) is 5.27. The molecule has 1 aliphatic rings. The van der Waals surface area contributed by atoms with Crippen LogP contribution in [0.1, 0.15) is 73.3 Å². The van der Waals surface area contributed by atoms with Gasteiger partial charge in [-0.1, -0.05) is 48.9 Å². The lowest BCUT2D eigenvalue weighted by molar-refractivity contribution is -0.252. The van der Waals surface area contributed by atoms with Crippen LogP contribution in [0.5, 0.6) is 0 Å².